The van der Waals surface area contributed by atoms with E-state index >= 15 is 0 Å². The van der Waals surface area contributed by atoms with Crippen molar-refractivity contribution in [2.45, 2.75) is 26.3 Å². The lowest BCUT2D eigenvalue weighted by molar-refractivity contribution is -0.132. The van der Waals surface area contributed by atoms with Gasteiger partial charge < -0.3 is 15.5 Å². The lowest BCUT2D eigenvalue weighted by Crippen LogP contribution is -2.32. The van der Waals surface area contributed by atoms with Gasteiger partial charge in [-0.1, -0.05) is 6.92 Å². The van der Waals surface area contributed by atoms with Crippen LogP contribution in [0.25, 0.3) is 0 Å². The molecule has 0 aromatic heterocycles. The van der Waals surface area contributed by atoms with Crippen LogP contribution in [0.4, 0.5) is 17.6 Å². The monoisotopic (exact) mass is 349 g/mol. The summed E-state index contributed by atoms with van der Waals surface area (Å²) >= 11 is 0. The Kier molecular flexibility index (Phi) is 6.47. The summed E-state index contributed by atoms with van der Waals surface area (Å²) in [5.41, 5.74) is -2.37. The van der Waals surface area contributed by atoms with E-state index in [1.807, 2.05) is 0 Å². The molecule has 0 saturated carbocycles. The van der Waals surface area contributed by atoms with E-state index in [4.69, 9.17) is 5.11 Å². The van der Waals surface area contributed by atoms with Gasteiger partial charge in [-0.15, -0.1) is 0 Å². The predicted octanol–water partition coefficient (Wildman–Crippen LogP) is 2.14. The first-order valence-corrected chi connectivity index (χ1v) is 6.87. The molecule has 1 aromatic carbocycles. The number of rotatable bonds is 7. The van der Waals surface area contributed by atoms with Crippen LogP contribution in [0.2, 0.25) is 0 Å². The zero-order valence-corrected chi connectivity index (χ0v) is 12.8. The Hall–Kier alpha value is -2.42. The van der Waals surface area contributed by atoms with Gasteiger partial charge in [0.25, 0.3) is 0 Å². The summed E-state index contributed by atoms with van der Waals surface area (Å²) in [4.78, 5) is 23.6. The SMILES string of the molecule is CCC(NC(C)CO)=C(C(=O)O)C(=O)c1cc(F)c(F)c(F)c1F. The molecule has 0 aliphatic rings. The first kappa shape index (κ1) is 19.6. The van der Waals surface area contributed by atoms with Gasteiger partial charge in [0.05, 0.1) is 12.2 Å². The Morgan fingerprint density at radius 1 is 1.17 bits per heavy atom. The molecule has 0 heterocycles. The van der Waals surface area contributed by atoms with Gasteiger partial charge in [-0.3, -0.25) is 4.79 Å². The maximum Gasteiger partial charge on any atom is 0.341 e. The van der Waals surface area contributed by atoms with E-state index in [0.717, 1.165) is 0 Å². The molecule has 1 aromatic rings. The largest absolute Gasteiger partial charge is 0.477 e. The van der Waals surface area contributed by atoms with E-state index in [1.165, 1.54) is 13.8 Å². The molecule has 1 atom stereocenters. The number of Topliss-reactive ketones (excluding diaryl/α,β-unsaturated/α-hetero) is 1. The highest BCUT2D eigenvalue weighted by Gasteiger charge is 2.30. The maximum absolute atomic E-state index is 13.7. The maximum atomic E-state index is 13.7. The number of allylic oxidation sites excluding steroid dienone is 1. The minimum Gasteiger partial charge on any atom is -0.477 e. The van der Waals surface area contributed by atoms with Crippen molar-refractivity contribution in [3.63, 3.8) is 0 Å². The molecule has 0 aliphatic carbocycles. The van der Waals surface area contributed by atoms with E-state index in [0.29, 0.717) is 0 Å². The van der Waals surface area contributed by atoms with E-state index < -0.39 is 58.8 Å². The smallest absolute Gasteiger partial charge is 0.341 e. The summed E-state index contributed by atoms with van der Waals surface area (Å²) in [6.45, 7) is 2.57. The molecule has 0 aliphatic heterocycles. The van der Waals surface area contributed by atoms with Crippen molar-refractivity contribution < 1.29 is 37.4 Å². The van der Waals surface area contributed by atoms with E-state index in [-0.39, 0.29) is 18.2 Å². The van der Waals surface area contributed by atoms with Gasteiger partial charge in [-0.2, -0.15) is 0 Å². The molecule has 0 spiro atoms. The lowest BCUT2D eigenvalue weighted by Gasteiger charge is -2.17. The molecule has 0 radical (unpaired) electrons. The summed E-state index contributed by atoms with van der Waals surface area (Å²) in [6, 6.07) is -0.532. The summed E-state index contributed by atoms with van der Waals surface area (Å²) < 4.78 is 53.2. The number of hydrogen-bond acceptors (Lipinski definition) is 4. The number of ketones is 1. The molecule has 132 valence electrons. The van der Waals surface area contributed by atoms with Crippen LogP contribution in [-0.2, 0) is 4.79 Å². The first-order chi connectivity index (χ1) is 11.1. The topological polar surface area (TPSA) is 86.6 Å². The van der Waals surface area contributed by atoms with Crippen LogP contribution < -0.4 is 5.32 Å². The average Bonchev–Trinajstić information content (AvgIpc) is 2.54. The summed E-state index contributed by atoms with van der Waals surface area (Å²) in [7, 11) is 0. The van der Waals surface area contributed by atoms with Gasteiger partial charge in [0.1, 0.15) is 5.57 Å². The number of aliphatic hydroxyl groups is 1. The fourth-order valence-corrected chi connectivity index (χ4v) is 1.93. The molecular weight excluding hydrogens is 334 g/mol. The Bertz CT molecular complexity index is 703. The molecule has 3 N–H and O–H groups in total. The van der Waals surface area contributed by atoms with Gasteiger partial charge in [0.15, 0.2) is 23.3 Å². The van der Waals surface area contributed by atoms with E-state index in [1.54, 1.807) is 0 Å². The highest BCUT2D eigenvalue weighted by atomic mass is 19.2. The van der Waals surface area contributed by atoms with Crippen molar-refractivity contribution in [3.8, 4) is 0 Å². The van der Waals surface area contributed by atoms with Crippen molar-refractivity contribution in [1.29, 1.82) is 0 Å². The molecule has 24 heavy (non-hydrogen) atoms. The third-order valence-electron chi connectivity index (χ3n) is 3.14. The second-order valence-corrected chi connectivity index (χ2v) is 4.92. The zero-order chi connectivity index (χ0) is 18.6. The Morgan fingerprint density at radius 3 is 2.21 bits per heavy atom. The number of halogens is 4. The van der Waals surface area contributed by atoms with Crippen molar-refractivity contribution in [2.75, 3.05) is 6.61 Å². The third-order valence-corrected chi connectivity index (χ3v) is 3.14. The normalized spacial score (nSPS) is 13.3. The van der Waals surface area contributed by atoms with Crippen molar-refractivity contribution in [2.24, 2.45) is 0 Å². The Balaban J connectivity index is 3.53. The number of aliphatic hydroxyl groups excluding tert-OH is 1. The van der Waals surface area contributed by atoms with Crippen LogP contribution in [0.5, 0.6) is 0 Å². The summed E-state index contributed by atoms with van der Waals surface area (Å²) in [5, 5.41) is 20.7. The molecular formula is C15H15F4NO4. The fourth-order valence-electron chi connectivity index (χ4n) is 1.93. The lowest BCUT2D eigenvalue weighted by atomic mass is 9.99. The predicted molar refractivity (Wildman–Crippen MR) is 75.2 cm³/mol. The quantitative estimate of drug-likeness (QED) is 0.134. The Morgan fingerprint density at radius 2 is 1.75 bits per heavy atom. The molecule has 9 heteroatoms. The van der Waals surface area contributed by atoms with Crippen LogP contribution in [-0.4, -0.2) is 34.6 Å². The van der Waals surface area contributed by atoms with Gasteiger partial charge in [0.2, 0.25) is 5.78 Å². The molecule has 1 rings (SSSR count). The number of carboxylic acid groups (broad SMARTS) is 1. The highest BCUT2D eigenvalue weighted by molar-refractivity contribution is 6.24. The fraction of sp³-hybridized carbons (Fsp3) is 0.333. The highest BCUT2D eigenvalue weighted by Crippen LogP contribution is 2.23. The number of carboxylic acids is 1. The molecule has 0 saturated heterocycles. The van der Waals surface area contributed by atoms with Gasteiger partial charge >= 0.3 is 5.97 Å². The molecule has 5 nitrogen and oxygen atoms in total. The molecule has 1 unspecified atom stereocenters. The van der Waals surface area contributed by atoms with Crippen LogP contribution in [0.1, 0.15) is 30.6 Å². The third kappa shape index (κ3) is 3.91. The van der Waals surface area contributed by atoms with Gasteiger partial charge in [-0.05, 0) is 19.4 Å². The number of aliphatic carboxylic acids is 1. The zero-order valence-electron chi connectivity index (χ0n) is 12.8. The second kappa shape index (κ2) is 7.91. The number of benzene rings is 1. The van der Waals surface area contributed by atoms with Crippen LogP contribution in [0.15, 0.2) is 17.3 Å². The average molecular weight is 349 g/mol. The molecule has 0 bridgehead atoms. The van der Waals surface area contributed by atoms with Gasteiger partial charge in [-0.25, -0.2) is 22.4 Å². The number of hydrogen-bond donors (Lipinski definition) is 3. The number of carbonyl (C=O) groups excluding carboxylic acids is 1. The molecule has 0 amide bonds. The van der Waals surface area contributed by atoms with Crippen molar-refractivity contribution in [1.82, 2.24) is 5.32 Å². The van der Waals surface area contributed by atoms with Crippen molar-refractivity contribution in [3.05, 3.63) is 46.2 Å². The Labute approximate surface area is 134 Å². The molecule has 0 fully saturated rings. The number of carbonyl (C=O) groups is 2. The second-order valence-electron chi connectivity index (χ2n) is 4.92. The minimum absolute atomic E-state index is 0.0223. The first-order valence-electron chi connectivity index (χ1n) is 6.87. The van der Waals surface area contributed by atoms with Crippen LogP contribution in [0, 0.1) is 23.3 Å². The van der Waals surface area contributed by atoms with Gasteiger partial charge in [0, 0.05) is 11.7 Å². The number of nitrogens with one attached hydrogen (secondary N) is 1. The van der Waals surface area contributed by atoms with Crippen LogP contribution in [0.3, 0.4) is 0 Å². The van der Waals surface area contributed by atoms with Crippen LogP contribution >= 0.6 is 0 Å². The minimum atomic E-state index is -2.21. The standard InChI is InChI=1S/C15H15F4NO4/c1-3-9(20-6(2)5-21)10(15(23)24)14(22)7-4-8(16)12(18)13(19)11(7)17/h4,6,20-21H,3,5H2,1-2H3,(H,23,24). The van der Waals surface area contributed by atoms with E-state index in [2.05, 4.69) is 5.32 Å². The summed E-state index contributed by atoms with van der Waals surface area (Å²) in [5.74, 6) is -11.4. The van der Waals surface area contributed by atoms with Crippen molar-refractivity contribution >= 4 is 11.8 Å². The summed E-state index contributed by atoms with van der Waals surface area (Å²) in [6.07, 6.45) is -0.0223. The van der Waals surface area contributed by atoms with E-state index in [9.17, 15) is 32.3 Å².